The molecule has 2 aliphatic rings. The minimum Gasteiger partial charge on any atom is -0.350 e. The smallest absolute Gasteiger partial charge is 0.222 e. The fourth-order valence-corrected chi connectivity index (χ4v) is 5.53. The number of hydrogen-bond donors (Lipinski definition) is 1. The summed E-state index contributed by atoms with van der Waals surface area (Å²) in [5.41, 5.74) is 0.819. The summed E-state index contributed by atoms with van der Waals surface area (Å²) in [6, 6.07) is 14.6. The monoisotopic (exact) mass is 448 g/mol. The van der Waals surface area contributed by atoms with Crippen LogP contribution in [-0.4, -0.2) is 41.1 Å². The minimum atomic E-state index is -0.389. The first-order valence-corrected chi connectivity index (χ1v) is 12.4. The molecular formula is C28H36N2O3. The SMILES string of the molecule is CC(C)CC(=O)C1CCCN(C(=O)CCC2(Cc3cccc4ccccc34)CCC(=O)N2)C1. The number of ketones is 1. The lowest BCUT2D eigenvalue weighted by Gasteiger charge is -2.34. The van der Waals surface area contributed by atoms with E-state index in [2.05, 4.69) is 49.5 Å². The Labute approximate surface area is 196 Å². The molecule has 0 saturated carbocycles. The molecule has 2 atom stereocenters. The van der Waals surface area contributed by atoms with Crippen LogP contribution in [0.25, 0.3) is 10.8 Å². The molecule has 2 amide bonds. The predicted octanol–water partition coefficient (Wildman–Crippen LogP) is 4.67. The zero-order valence-corrected chi connectivity index (χ0v) is 19.9. The highest BCUT2D eigenvalue weighted by Gasteiger charge is 2.39. The Balaban J connectivity index is 1.43. The highest BCUT2D eigenvalue weighted by molar-refractivity contribution is 5.86. The van der Waals surface area contributed by atoms with Crippen molar-refractivity contribution in [3.63, 3.8) is 0 Å². The Morgan fingerprint density at radius 3 is 2.70 bits per heavy atom. The minimum absolute atomic E-state index is 0.0269. The van der Waals surface area contributed by atoms with Gasteiger partial charge >= 0.3 is 0 Å². The van der Waals surface area contributed by atoms with Crippen LogP contribution in [-0.2, 0) is 20.8 Å². The third kappa shape index (κ3) is 5.63. The molecule has 2 heterocycles. The van der Waals surface area contributed by atoms with E-state index in [0.29, 0.717) is 38.1 Å². The summed E-state index contributed by atoms with van der Waals surface area (Å²) in [6.45, 7) is 5.41. The van der Waals surface area contributed by atoms with Crippen molar-refractivity contribution < 1.29 is 14.4 Å². The Hall–Kier alpha value is -2.69. The second-order valence-electron chi connectivity index (χ2n) is 10.4. The van der Waals surface area contributed by atoms with E-state index in [9.17, 15) is 14.4 Å². The van der Waals surface area contributed by atoms with E-state index in [4.69, 9.17) is 0 Å². The molecule has 2 unspecified atom stereocenters. The maximum atomic E-state index is 13.1. The van der Waals surface area contributed by atoms with Crippen molar-refractivity contribution in [1.29, 1.82) is 0 Å². The van der Waals surface area contributed by atoms with Gasteiger partial charge in [-0.1, -0.05) is 56.3 Å². The number of amides is 2. The summed E-state index contributed by atoms with van der Waals surface area (Å²) in [5.74, 6) is 0.790. The zero-order valence-electron chi connectivity index (χ0n) is 19.9. The fourth-order valence-electron chi connectivity index (χ4n) is 5.53. The van der Waals surface area contributed by atoms with Crippen LogP contribution in [0.3, 0.4) is 0 Å². The number of benzene rings is 2. The molecule has 2 aliphatic heterocycles. The van der Waals surface area contributed by atoms with Crippen LogP contribution >= 0.6 is 0 Å². The Morgan fingerprint density at radius 1 is 1.15 bits per heavy atom. The van der Waals surface area contributed by atoms with Gasteiger partial charge < -0.3 is 10.2 Å². The van der Waals surface area contributed by atoms with Gasteiger partial charge in [0, 0.05) is 43.8 Å². The molecule has 2 fully saturated rings. The second kappa shape index (κ2) is 10.1. The molecule has 176 valence electrons. The average molecular weight is 449 g/mol. The van der Waals surface area contributed by atoms with Gasteiger partial charge in [0.25, 0.3) is 0 Å². The van der Waals surface area contributed by atoms with E-state index in [0.717, 1.165) is 32.2 Å². The number of nitrogens with one attached hydrogen (secondary N) is 1. The van der Waals surface area contributed by atoms with E-state index in [-0.39, 0.29) is 29.1 Å². The molecule has 2 aromatic rings. The van der Waals surface area contributed by atoms with Gasteiger partial charge in [-0.15, -0.1) is 0 Å². The molecule has 0 aliphatic carbocycles. The number of rotatable bonds is 8. The van der Waals surface area contributed by atoms with Gasteiger partial charge in [0.05, 0.1) is 0 Å². The Bertz CT molecular complexity index is 1030. The lowest BCUT2D eigenvalue weighted by molar-refractivity contribution is -0.136. The molecule has 0 aromatic heterocycles. The summed E-state index contributed by atoms with van der Waals surface area (Å²) in [4.78, 5) is 39.8. The molecule has 2 saturated heterocycles. The quantitative estimate of drug-likeness (QED) is 0.638. The largest absolute Gasteiger partial charge is 0.350 e. The molecule has 0 spiro atoms. The Morgan fingerprint density at radius 2 is 1.94 bits per heavy atom. The van der Waals surface area contributed by atoms with Crippen LogP contribution in [0, 0.1) is 11.8 Å². The summed E-state index contributed by atoms with van der Waals surface area (Å²) in [6.07, 6.45) is 5.37. The molecule has 2 aromatic carbocycles. The van der Waals surface area contributed by atoms with Gasteiger partial charge in [-0.3, -0.25) is 14.4 Å². The zero-order chi connectivity index (χ0) is 23.4. The van der Waals surface area contributed by atoms with Gasteiger partial charge in [0.2, 0.25) is 11.8 Å². The summed E-state index contributed by atoms with van der Waals surface area (Å²) >= 11 is 0. The number of piperidine rings is 1. The van der Waals surface area contributed by atoms with Crippen molar-refractivity contribution in [2.24, 2.45) is 11.8 Å². The molecule has 0 bridgehead atoms. The van der Waals surface area contributed by atoms with E-state index >= 15 is 0 Å². The molecular weight excluding hydrogens is 412 g/mol. The Kier molecular flexibility index (Phi) is 7.16. The highest BCUT2D eigenvalue weighted by atomic mass is 16.2. The van der Waals surface area contributed by atoms with Gasteiger partial charge in [-0.25, -0.2) is 0 Å². The molecule has 4 rings (SSSR count). The first-order valence-electron chi connectivity index (χ1n) is 12.4. The van der Waals surface area contributed by atoms with Crippen LogP contribution in [0.15, 0.2) is 42.5 Å². The third-order valence-electron chi connectivity index (χ3n) is 7.30. The molecule has 5 nitrogen and oxygen atoms in total. The van der Waals surface area contributed by atoms with Gasteiger partial charge in [0.15, 0.2) is 0 Å². The number of fused-ring (bicyclic) bond motifs is 1. The normalized spacial score (nSPS) is 23.2. The summed E-state index contributed by atoms with van der Waals surface area (Å²) in [5, 5.41) is 5.62. The van der Waals surface area contributed by atoms with Crippen molar-refractivity contribution in [2.45, 2.75) is 70.8 Å². The molecule has 5 heteroatoms. The lowest BCUT2D eigenvalue weighted by atomic mass is 9.83. The first-order chi connectivity index (χ1) is 15.8. The van der Waals surface area contributed by atoms with E-state index in [1.54, 1.807) is 0 Å². The predicted molar refractivity (Wildman–Crippen MR) is 131 cm³/mol. The van der Waals surface area contributed by atoms with Crippen molar-refractivity contribution in [3.05, 3.63) is 48.0 Å². The van der Waals surface area contributed by atoms with E-state index in [1.807, 2.05) is 17.0 Å². The number of nitrogens with zero attached hydrogens (tertiary/aromatic N) is 1. The van der Waals surface area contributed by atoms with Crippen LogP contribution in [0.4, 0.5) is 0 Å². The van der Waals surface area contributed by atoms with E-state index < -0.39 is 0 Å². The fraction of sp³-hybridized carbons (Fsp3) is 0.536. The van der Waals surface area contributed by atoms with Crippen LogP contribution < -0.4 is 5.32 Å². The summed E-state index contributed by atoms with van der Waals surface area (Å²) < 4.78 is 0. The number of Topliss-reactive ketones (excluding diaryl/α,β-unsaturated/α-hetero) is 1. The van der Waals surface area contributed by atoms with Crippen molar-refractivity contribution in [2.75, 3.05) is 13.1 Å². The van der Waals surface area contributed by atoms with Crippen molar-refractivity contribution in [3.8, 4) is 0 Å². The molecule has 0 radical (unpaired) electrons. The third-order valence-corrected chi connectivity index (χ3v) is 7.30. The number of carbonyl (C=O) groups excluding carboxylic acids is 3. The highest BCUT2D eigenvalue weighted by Crippen LogP contribution is 2.33. The van der Waals surface area contributed by atoms with E-state index in [1.165, 1.54) is 16.3 Å². The molecule has 33 heavy (non-hydrogen) atoms. The standard InChI is InChI=1S/C28H36N2O3/c1-20(2)17-25(31)23-10-6-16-30(19-23)27(33)13-15-28(14-12-26(32)29-28)18-22-9-5-8-21-7-3-4-11-24(21)22/h3-5,7-9,11,20,23H,6,10,12-19H2,1-2H3,(H,29,32). The van der Waals surface area contributed by atoms with Crippen molar-refractivity contribution in [1.82, 2.24) is 10.2 Å². The lowest BCUT2D eigenvalue weighted by Crippen LogP contribution is -2.46. The number of hydrogen-bond acceptors (Lipinski definition) is 3. The average Bonchev–Trinajstić information content (AvgIpc) is 3.18. The summed E-state index contributed by atoms with van der Waals surface area (Å²) in [7, 11) is 0. The van der Waals surface area contributed by atoms with Gasteiger partial charge in [0.1, 0.15) is 5.78 Å². The number of likely N-dealkylation sites (tertiary alicyclic amines) is 1. The van der Waals surface area contributed by atoms with Gasteiger partial charge in [-0.2, -0.15) is 0 Å². The number of carbonyl (C=O) groups is 3. The first kappa shape index (κ1) is 23.5. The van der Waals surface area contributed by atoms with Gasteiger partial charge in [-0.05, 0) is 54.4 Å². The molecule has 1 N–H and O–H groups in total. The topological polar surface area (TPSA) is 66.5 Å². The van der Waals surface area contributed by atoms with Crippen LogP contribution in [0.5, 0.6) is 0 Å². The maximum Gasteiger partial charge on any atom is 0.222 e. The van der Waals surface area contributed by atoms with Crippen LogP contribution in [0.2, 0.25) is 0 Å². The van der Waals surface area contributed by atoms with Crippen molar-refractivity contribution >= 4 is 28.4 Å². The van der Waals surface area contributed by atoms with Crippen LogP contribution in [0.1, 0.15) is 64.4 Å². The second-order valence-corrected chi connectivity index (χ2v) is 10.4. The maximum absolute atomic E-state index is 13.1.